The summed E-state index contributed by atoms with van der Waals surface area (Å²) < 4.78 is 43.0. The standard InChI is InChI=1S/C14H8F3NO2S/c1-21-12-6-11(20-13(19)10(12)7-18)8-3-2-4-9(5-8)14(15,16)17/h2-6H,1H3. The predicted molar refractivity (Wildman–Crippen MR) is 71.9 cm³/mol. The molecule has 2 rings (SSSR count). The van der Waals surface area contributed by atoms with E-state index < -0.39 is 17.4 Å². The summed E-state index contributed by atoms with van der Waals surface area (Å²) in [4.78, 5) is 12.0. The summed E-state index contributed by atoms with van der Waals surface area (Å²) in [6.07, 6.45) is -2.82. The van der Waals surface area contributed by atoms with E-state index in [1.54, 1.807) is 12.3 Å². The highest BCUT2D eigenvalue weighted by Gasteiger charge is 2.30. The highest BCUT2D eigenvalue weighted by molar-refractivity contribution is 7.98. The van der Waals surface area contributed by atoms with E-state index in [1.165, 1.54) is 18.2 Å². The fraction of sp³-hybridized carbons (Fsp3) is 0.143. The van der Waals surface area contributed by atoms with Crippen LogP contribution in [0.4, 0.5) is 13.2 Å². The molecule has 0 N–H and O–H groups in total. The Bertz CT molecular complexity index is 775. The van der Waals surface area contributed by atoms with Crippen LogP contribution in [0.2, 0.25) is 0 Å². The molecule has 1 aromatic carbocycles. The lowest BCUT2D eigenvalue weighted by Crippen LogP contribution is -2.07. The third kappa shape index (κ3) is 3.11. The number of halogens is 3. The van der Waals surface area contributed by atoms with Gasteiger partial charge in [-0.2, -0.15) is 18.4 Å². The number of thioether (sulfide) groups is 1. The molecule has 3 nitrogen and oxygen atoms in total. The molecule has 1 aromatic heterocycles. The SMILES string of the molecule is CSc1cc(-c2cccc(C(F)(F)F)c2)oc(=O)c1C#N. The smallest absolute Gasteiger partial charge is 0.416 e. The molecule has 0 aliphatic carbocycles. The number of hydrogen-bond acceptors (Lipinski definition) is 4. The Morgan fingerprint density at radius 3 is 2.57 bits per heavy atom. The monoisotopic (exact) mass is 311 g/mol. The van der Waals surface area contributed by atoms with Gasteiger partial charge in [0.05, 0.1) is 5.56 Å². The molecular formula is C14H8F3NO2S. The first-order chi connectivity index (χ1) is 9.86. The summed E-state index contributed by atoms with van der Waals surface area (Å²) in [6.45, 7) is 0. The Hall–Kier alpha value is -2.20. The summed E-state index contributed by atoms with van der Waals surface area (Å²) in [7, 11) is 0. The first-order valence-corrected chi connectivity index (χ1v) is 6.89. The van der Waals surface area contributed by atoms with E-state index in [-0.39, 0.29) is 16.9 Å². The van der Waals surface area contributed by atoms with Crippen LogP contribution in [0.15, 0.2) is 44.4 Å². The molecule has 0 fully saturated rings. The van der Waals surface area contributed by atoms with Crippen LogP contribution in [0, 0.1) is 11.3 Å². The van der Waals surface area contributed by atoms with Crippen LogP contribution in [-0.4, -0.2) is 6.26 Å². The molecule has 1 heterocycles. The minimum Gasteiger partial charge on any atom is -0.422 e. The zero-order valence-electron chi connectivity index (χ0n) is 10.7. The van der Waals surface area contributed by atoms with Crippen LogP contribution in [-0.2, 0) is 6.18 Å². The quantitative estimate of drug-likeness (QED) is 0.789. The van der Waals surface area contributed by atoms with Gasteiger partial charge in [-0.05, 0) is 24.5 Å². The van der Waals surface area contributed by atoms with Crippen molar-refractivity contribution in [2.75, 3.05) is 6.26 Å². The molecule has 0 bridgehead atoms. The molecule has 0 aliphatic heterocycles. The van der Waals surface area contributed by atoms with Crippen LogP contribution >= 0.6 is 11.8 Å². The lowest BCUT2D eigenvalue weighted by Gasteiger charge is -2.09. The maximum atomic E-state index is 12.7. The molecule has 0 unspecified atom stereocenters. The van der Waals surface area contributed by atoms with Gasteiger partial charge in [0.25, 0.3) is 0 Å². The molecule has 21 heavy (non-hydrogen) atoms. The summed E-state index contributed by atoms with van der Waals surface area (Å²) >= 11 is 1.15. The Morgan fingerprint density at radius 2 is 2.00 bits per heavy atom. The van der Waals surface area contributed by atoms with Crippen LogP contribution < -0.4 is 5.63 Å². The molecule has 0 atom stereocenters. The van der Waals surface area contributed by atoms with Crippen LogP contribution in [0.5, 0.6) is 0 Å². The lowest BCUT2D eigenvalue weighted by molar-refractivity contribution is -0.137. The number of alkyl halides is 3. The van der Waals surface area contributed by atoms with E-state index in [9.17, 15) is 18.0 Å². The average molecular weight is 311 g/mol. The summed E-state index contributed by atoms with van der Waals surface area (Å²) in [6, 6.07) is 7.58. The Labute approximate surface area is 122 Å². The molecule has 2 aromatic rings. The molecular weight excluding hydrogens is 303 g/mol. The number of benzene rings is 1. The molecule has 108 valence electrons. The Morgan fingerprint density at radius 1 is 1.29 bits per heavy atom. The zero-order chi connectivity index (χ0) is 15.6. The Kier molecular flexibility index (Phi) is 4.09. The van der Waals surface area contributed by atoms with E-state index in [0.29, 0.717) is 4.90 Å². The van der Waals surface area contributed by atoms with Gasteiger partial charge in [0, 0.05) is 10.5 Å². The van der Waals surface area contributed by atoms with Crippen molar-refractivity contribution in [3.63, 3.8) is 0 Å². The van der Waals surface area contributed by atoms with Crippen molar-refractivity contribution in [3.05, 3.63) is 51.9 Å². The first-order valence-electron chi connectivity index (χ1n) is 5.66. The van der Waals surface area contributed by atoms with E-state index in [1.807, 2.05) is 0 Å². The minimum atomic E-state index is -4.48. The average Bonchev–Trinajstić information content (AvgIpc) is 2.45. The van der Waals surface area contributed by atoms with Crippen LogP contribution in [0.3, 0.4) is 0 Å². The zero-order valence-corrected chi connectivity index (χ0v) is 11.5. The van der Waals surface area contributed by atoms with Gasteiger partial charge < -0.3 is 4.42 Å². The molecule has 0 amide bonds. The van der Waals surface area contributed by atoms with E-state index in [4.69, 9.17) is 9.68 Å². The summed E-state index contributed by atoms with van der Waals surface area (Å²) in [5.41, 5.74) is -1.73. The number of hydrogen-bond donors (Lipinski definition) is 0. The van der Waals surface area contributed by atoms with Gasteiger partial charge in [0.2, 0.25) is 0 Å². The van der Waals surface area contributed by atoms with Gasteiger partial charge >= 0.3 is 11.8 Å². The van der Waals surface area contributed by atoms with Crippen molar-refractivity contribution >= 4 is 11.8 Å². The first kappa shape index (κ1) is 15.2. The minimum absolute atomic E-state index is 0.00514. The van der Waals surface area contributed by atoms with Crippen molar-refractivity contribution in [3.8, 4) is 17.4 Å². The predicted octanol–water partition coefficient (Wildman–Crippen LogP) is 3.92. The van der Waals surface area contributed by atoms with Crippen molar-refractivity contribution in [2.45, 2.75) is 11.1 Å². The fourth-order valence-electron chi connectivity index (χ4n) is 1.72. The van der Waals surface area contributed by atoms with Crippen molar-refractivity contribution in [2.24, 2.45) is 0 Å². The third-order valence-corrected chi connectivity index (χ3v) is 3.48. The molecule has 0 saturated heterocycles. The highest BCUT2D eigenvalue weighted by Crippen LogP contribution is 2.32. The second-order valence-electron chi connectivity index (χ2n) is 4.03. The van der Waals surface area contributed by atoms with Gasteiger partial charge in [-0.1, -0.05) is 12.1 Å². The summed E-state index contributed by atoms with van der Waals surface area (Å²) in [5, 5.41) is 8.87. The summed E-state index contributed by atoms with van der Waals surface area (Å²) in [5.74, 6) is -0.00514. The molecule has 7 heteroatoms. The molecule has 0 saturated carbocycles. The van der Waals surface area contributed by atoms with Gasteiger partial charge in [-0.3, -0.25) is 0 Å². The normalized spacial score (nSPS) is 11.2. The second kappa shape index (κ2) is 5.66. The maximum Gasteiger partial charge on any atom is 0.416 e. The number of nitriles is 1. The molecule has 0 aliphatic rings. The van der Waals surface area contributed by atoms with E-state index >= 15 is 0 Å². The van der Waals surface area contributed by atoms with Crippen molar-refractivity contribution < 1.29 is 17.6 Å². The maximum absolute atomic E-state index is 12.7. The molecule has 0 spiro atoms. The second-order valence-corrected chi connectivity index (χ2v) is 4.88. The topological polar surface area (TPSA) is 54.0 Å². The van der Waals surface area contributed by atoms with Gasteiger partial charge in [-0.25, -0.2) is 4.79 Å². The van der Waals surface area contributed by atoms with Crippen LogP contribution in [0.25, 0.3) is 11.3 Å². The van der Waals surface area contributed by atoms with Crippen molar-refractivity contribution in [1.82, 2.24) is 0 Å². The fourth-order valence-corrected chi connectivity index (χ4v) is 2.28. The largest absolute Gasteiger partial charge is 0.422 e. The van der Waals surface area contributed by atoms with Gasteiger partial charge in [0.15, 0.2) is 5.56 Å². The van der Waals surface area contributed by atoms with E-state index in [2.05, 4.69) is 0 Å². The van der Waals surface area contributed by atoms with Gasteiger partial charge in [-0.15, -0.1) is 11.8 Å². The number of nitrogens with zero attached hydrogens (tertiary/aromatic N) is 1. The van der Waals surface area contributed by atoms with Gasteiger partial charge in [0.1, 0.15) is 11.8 Å². The van der Waals surface area contributed by atoms with Crippen LogP contribution in [0.1, 0.15) is 11.1 Å². The van der Waals surface area contributed by atoms with E-state index in [0.717, 1.165) is 23.9 Å². The third-order valence-electron chi connectivity index (χ3n) is 2.72. The Balaban J connectivity index is 2.61. The highest BCUT2D eigenvalue weighted by atomic mass is 32.2. The lowest BCUT2D eigenvalue weighted by atomic mass is 10.1. The molecule has 0 radical (unpaired) electrons. The van der Waals surface area contributed by atoms with Crippen molar-refractivity contribution in [1.29, 1.82) is 5.26 Å². The number of rotatable bonds is 2.